The van der Waals surface area contributed by atoms with E-state index in [0.717, 1.165) is 23.3 Å². The van der Waals surface area contributed by atoms with E-state index in [-0.39, 0.29) is 6.07 Å². The highest BCUT2D eigenvalue weighted by Gasteiger charge is 2.37. The molecule has 0 radical (unpaired) electrons. The molecule has 0 saturated heterocycles. The van der Waals surface area contributed by atoms with E-state index in [1.54, 1.807) is 20.8 Å². The Kier molecular flexibility index (Phi) is 6.47. The second-order valence-electron chi connectivity index (χ2n) is 7.35. The molecule has 168 valence electrons. The van der Waals surface area contributed by atoms with Gasteiger partial charge in [-0.15, -0.1) is 5.10 Å². The standard InChI is InChI=1S/C18H17F6N5O2/c1-16(2,3)15(31)27-26-13(30)4-5-29-9-25-14(28-29)10-6-11(17(19,20)21)8-12(7-10)18(22,23)24/h4-9H,1-3H3,(H,26,30)(H,27,31)/b5-4+. The minimum Gasteiger partial charge on any atom is -0.273 e. The van der Waals surface area contributed by atoms with Crippen molar-refractivity contribution in [2.45, 2.75) is 33.1 Å². The van der Waals surface area contributed by atoms with Crippen LogP contribution in [0, 0.1) is 5.41 Å². The second-order valence-corrected chi connectivity index (χ2v) is 7.35. The van der Waals surface area contributed by atoms with E-state index >= 15 is 0 Å². The van der Waals surface area contributed by atoms with E-state index in [1.807, 2.05) is 0 Å². The largest absolute Gasteiger partial charge is 0.416 e. The van der Waals surface area contributed by atoms with Crippen LogP contribution in [0.3, 0.4) is 0 Å². The second kappa shape index (κ2) is 8.40. The predicted molar refractivity (Wildman–Crippen MR) is 96.5 cm³/mol. The topological polar surface area (TPSA) is 88.9 Å². The van der Waals surface area contributed by atoms with Crippen molar-refractivity contribution in [1.82, 2.24) is 25.6 Å². The molecule has 0 atom stereocenters. The minimum absolute atomic E-state index is 0.00336. The molecule has 31 heavy (non-hydrogen) atoms. The average molecular weight is 449 g/mol. The van der Waals surface area contributed by atoms with Crippen molar-refractivity contribution in [2.75, 3.05) is 0 Å². The van der Waals surface area contributed by atoms with Gasteiger partial charge in [-0.25, -0.2) is 9.67 Å². The number of benzene rings is 1. The molecule has 0 aliphatic carbocycles. The highest BCUT2D eigenvalue weighted by Crippen LogP contribution is 2.38. The third kappa shape index (κ3) is 6.55. The Morgan fingerprint density at radius 2 is 1.48 bits per heavy atom. The van der Waals surface area contributed by atoms with Crippen LogP contribution in [0.5, 0.6) is 0 Å². The molecule has 0 unspecified atom stereocenters. The SMILES string of the molecule is CC(C)(C)C(=O)NNC(=O)/C=C/n1cnc(-c2cc(C(F)(F)F)cc(C(F)(F)F)c2)n1. The van der Waals surface area contributed by atoms with Crippen molar-refractivity contribution in [3.63, 3.8) is 0 Å². The lowest BCUT2D eigenvalue weighted by atomic mass is 9.96. The molecule has 1 aromatic heterocycles. The molecule has 1 heterocycles. The number of halogens is 6. The van der Waals surface area contributed by atoms with E-state index < -0.39 is 52.1 Å². The number of carbonyl (C=O) groups is 2. The van der Waals surface area contributed by atoms with Crippen LogP contribution in [-0.2, 0) is 21.9 Å². The van der Waals surface area contributed by atoms with E-state index in [1.165, 1.54) is 0 Å². The number of hydrazine groups is 1. The summed E-state index contributed by atoms with van der Waals surface area (Å²) in [5.41, 5.74) is 0.0325. The fraction of sp³-hybridized carbons (Fsp3) is 0.333. The summed E-state index contributed by atoms with van der Waals surface area (Å²) >= 11 is 0. The van der Waals surface area contributed by atoms with Crippen LogP contribution in [0.4, 0.5) is 26.3 Å². The lowest BCUT2D eigenvalue weighted by Crippen LogP contribution is -2.46. The van der Waals surface area contributed by atoms with Gasteiger partial charge in [0.05, 0.1) is 11.1 Å². The van der Waals surface area contributed by atoms with Crippen molar-refractivity contribution < 1.29 is 35.9 Å². The Bertz CT molecular complexity index is 970. The van der Waals surface area contributed by atoms with Crippen molar-refractivity contribution in [3.05, 3.63) is 41.7 Å². The van der Waals surface area contributed by atoms with Crippen molar-refractivity contribution in [2.24, 2.45) is 5.41 Å². The molecule has 2 rings (SSSR count). The number of hydrogen-bond donors (Lipinski definition) is 2. The summed E-state index contributed by atoms with van der Waals surface area (Å²) < 4.78 is 78.7. The summed E-state index contributed by atoms with van der Waals surface area (Å²) in [7, 11) is 0. The number of nitrogens with one attached hydrogen (secondary N) is 2. The van der Waals surface area contributed by atoms with E-state index in [2.05, 4.69) is 20.9 Å². The van der Waals surface area contributed by atoms with Gasteiger partial charge >= 0.3 is 12.4 Å². The first-order valence-corrected chi connectivity index (χ1v) is 8.57. The normalized spacial score (nSPS) is 12.8. The zero-order valence-corrected chi connectivity index (χ0v) is 16.4. The van der Waals surface area contributed by atoms with Crippen LogP contribution in [-0.4, -0.2) is 26.6 Å². The van der Waals surface area contributed by atoms with E-state index in [9.17, 15) is 35.9 Å². The first-order chi connectivity index (χ1) is 14.1. The lowest BCUT2D eigenvalue weighted by Gasteiger charge is -2.17. The Labute approximate surface area is 172 Å². The van der Waals surface area contributed by atoms with Crippen molar-refractivity contribution >= 4 is 18.0 Å². The highest BCUT2D eigenvalue weighted by atomic mass is 19.4. The molecule has 13 heteroatoms. The lowest BCUT2D eigenvalue weighted by molar-refractivity contribution is -0.143. The van der Waals surface area contributed by atoms with Crippen molar-refractivity contribution in [1.29, 1.82) is 0 Å². The number of amides is 2. The molecular formula is C18H17F6N5O2. The number of rotatable bonds is 3. The Morgan fingerprint density at radius 1 is 0.935 bits per heavy atom. The van der Waals surface area contributed by atoms with Gasteiger partial charge in [-0.1, -0.05) is 20.8 Å². The number of nitrogens with zero attached hydrogens (tertiary/aromatic N) is 3. The van der Waals surface area contributed by atoms with Crippen LogP contribution in [0.25, 0.3) is 17.6 Å². The molecule has 0 fully saturated rings. The Balaban J connectivity index is 2.21. The van der Waals surface area contributed by atoms with E-state index in [0.29, 0.717) is 12.1 Å². The van der Waals surface area contributed by atoms with Gasteiger partial charge in [-0.2, -0.15) is 26.3 Å². The molecule has 0 aliphatic heterocycles. The minimum atomic E-state index is -5.01. The summed E-state index contributed by atoms with van der Waals surface area (Å²) in [5.74, 6) is -1.63. The van der Waals surface area contributed by atoms with Gasteiger partial charge in [0.15, 0.2) is 5.82 Å². The first-order valence-electron chi connectivity index (χ1n) is 8.57. The molecular weight excluding hydrogens is 432 g/mol. The Hall–Kier alpha value is -3.38. The molecule has 0 spiro atoms. The number of carbonyl (C=O) groups excluding carboxylic acids is 2. The van der Waals surface area contributed by atoms with Crippen LogP contribution in [0.15, 0.2) is 30.6 Å². The summed E-state index contributed by atoms with van der Waals surface area (Å²) in [5, 5.41) is 3.75. The summed E-state index contributed by atoms with van der Waals surface area (Å²) in [6.45, 7) is 4.87. The van der Waals surface area contributed by atoms with Crippen LogP contribution in [0.2, 0.25) is 0 Å². The maximum Gasteiger partial charge on any atom is 0.416 e. The molecule has 1 aromatic carbocycles. The average Bonchev–Trinajstić information content (AvgIpc) is 3.11. The van der Waals surface area contributed by atoms with Gasteiger partial charge in [0.1, 0.15) is 6.33 Å². The number of hydrogen-bond acceptors (Lipinski definition) is 4. The third-order valence-corrected chi connectivity index (χ3v) is 3.71. The summed E-state index contributed by atoms with van der Waals surface area (Å²) in [6, 6.07) is 0.983. The molecule has 0 bridgehead atoms. The van der Waals surface area contributed by atoms with E-state index in [4.69, 9.17) is 0 Å². The van der Waals surface area contributed by atoms with Gasteiger partial charge < -0.3 is 0 Å². The molecule has 7 nitrogen and oxygen atoms in total. The maximum atomic E-state index is 13.0. The van der Waals surface area contributed by atoms with Crippen LogP contribution < -0.4 is 10.9 Å². The van der Waals surface area contributed by atoms with Gasteiger partial charge in [0.25, 0.3) is 5.91 Å². The number of aromatic nitrogens is 3. The van der Waals surface area contributed by atoms with Crippen LogP contribution in [0.1, 0.15) is 31.9 Å². The van der Waals surface area contributed by atoms with Crippen molar-refractivity contribution in [3.8, 4) is 11.4 Å². The van der Waals surface area contributed by atoms with Crippen LogP contribution >= 0.6 is 0 Å². The smallest absolute Gasteiger partial charge is 0.273 e. The fourth-order valence-corrected chi connectivity index (χ4v) is 2.05. The quantitative estimate of drug-likeness (QED) is 0.426. The summed E-state index contributed by atoms with van der Waals surface area (Å²) in [6.07, 6.45) is -7.05. The molecule has 2 amide bonds. The third-order valence-electron chi connectivity index (χ3n) is 3.71. The first kappa shape index (κ1) is 23.9. The maximum absolute atomic E-state index is 13.0. The highest BCUT2D eigenvalue weighted by molar-refractivity contribution is 5.92. The Morgan fingerprint density at radius 3 is 1.97 bits per heavy atom. The molecule has 0 aliphatic rings. The predicted octanol–water partition coefficient (Wildman–Crippen LogP) is 3.65. The molecule has 2 aromatic rings. The van der Waals surface area contributed by atoms with Gasteiger partial charge in [-0.3, -0.25) is 20.4 Å². The van der Waals surface area contributed by atoms with Gasteiger partial charge in [0, 0.05) is 23.3 Å². The fourth-order valence-electron chi connectivity index (χ4n) is 2.05. The molecule has 0 saturated carbocycles. The zero-order valence-electron chi connectivity index (χ0n) is 16.4. The summed E-state index contributed by atoms with van der Waals surface area (Å²) in [4.78, 5) is 27.1. The monoisotopic (exact) mass is 449 g/mol. The number of alkyl halides is 6. The van der Waals surface area contributed by atoms with Gasteiger partial charge in [0.2, 0.25) is 5.91 Å². The zero-order chi connectivity index (χ0) is 23.6. The van der Waals surface area contributed by atoms with Gasteiger partial charge in [-0.05, 0) is 18.2 Å². The molecule has 2 N–H and O–H groups in total.